The molecule has 4 rings (SSSR count). The molecule has 0 spiro atoms. The van der Waals surface area contributed by atoms with Crippen molar-refractivity contribution < 1.29 is 0 Å². The van der Waals surface area contributed by atoms with Crippen LogP contribution in [-0.2, 0) is 6.54 Å². The number of rotatable bonds is 3. The maximum atomic E-state index is 4.97. The molecule has 1 aromatic carbocycles. The fraction of sp³-hybridized carbons (Fsp3) is 0.364. The lowest BCUT2D eigenvalue weighted by Crippen LogP contribution is -2.03. The Balaban J connectivity index is 2.13. The van der Waals surface area contributed by atoms with E-state index >= 15 is 0 Å². The molecule has 0 aliphatic carbocycles. The summed E-state index contributed by atoms with van der Waals surface area (Å²) >= 11 is 0. The van der Waals surface area contributed by atoms with E-state index in [2.05, 4.69) is 70.5 Å². The van der Waals surface area contributed by atoms with Gasteiger partial charge in [-0.2, -0.15) is 9.61 Å². The number of fused-ring (bicyclic) bond motifs is 3. The van der Waals surface area contributed by atoms with Gasteiger partial charge in [0.2, 0.25) is 0 Å². The van der Waals surface area contributed by atoms with Crippen LogP contribution in [0.1, 0.15) is 41.4 Å². The highest BCUT2D eigenvalue weighted by atomic mass is 15.3. The maximum Gasteiger partial charge on any atom is 0.165 e. The molecule has 0 radical (unpaired) electrons. The first-order valence-corrected chi connectivity index (χ1v) is 9.35. The summed E-state index contributed by atoms with van der Waals surface area (Å²) in [6.07, 6.45) is 3.25. The van der Waals surface area contributed by atoms with Crippen molar-refractivity contribution in [2.45, 2.75) is 54.5 Å². The predicted octanol–water partition coefficient (Wildman–Crippen LogP) is 5.30. The molecule has 0 amide bonds. The summed E-state index contributed by atoms with van der Waals surface area (Å²) in [6.45, 7) is 13.9. The summed E-state index contributed by atoms with van der Waals surface area (Å²) in [5, 5.41) is 6.09. The fourth-order valence-electron chi connectivity index (χ4n) is 4.26. The highest BCUT2D eigenvalue weighted by Gasteiger charge is 2.20. The Bertz CT molecular complexity index is 1120. The Morgan fingerprint density at radius 3 is 2.27 bits per heavy atom. The lowest BCUT2D eigenvalue weighted by Gasteiger charge is -2.12. The smallest absolute Gasteiger partial charge is 0.165 e. The first kappa shape index (κ1) is 16.8. The Morgan fingerprint density at radius 2 is 1.62 bits per heavy atom. The van der Waals surface area contributed by atoms with Gasteiger partial charge in [0.05, 0.1) is 17.0 Å². The van der Waals surface area contributed by atoms with Crippen LogP contribution in [0.5, 0.6) is 0 Å². The molecule has 0 saturated carbocycles. The molecule has 4 nitrogen and oxygen atoms in total. The molecule has 26 heavy (non-hydrogen) atoms. The Morgan fingerprint density at radius 1 is 0.923 bits per heavy atom. The molecule has 0 atom stereocenters. The van der Waals surface area contributed by atoms with Crippen LogP contribution in [0, 0.1) is 34.6 Å². The minimum atomic E-state index is 0.957. The van der Waals surface area contributed by atoms with Crippen LogP contribution in [0.3, 0.4) is 0 Å². The normalized spacial score (nSPS) is 11.8. The Kier molecular flexibility index (Phi) is 3.87. The van der Waals surface area contributed by atoms with Crippen LogP contribution in [0.15, 0.2) is 24.4 Å². The van der Waals surface area contributed by atoms with Crippen molar-refractivity contribution >= 4 is 16.7 Å². The summed E-state index contributed by atoms with van der Waals surface area (Å²) in [5.41, 5.74) is 10.5. The molecule has 0 bridgehead atoms. The molecule has 4 heteroatoms. The fourth-order valence-corrected chi connectivity index (χ4v) is 4.26. The number of benzene rings is 1. The third kappa shape index (κ3) is 2.36. The zero-order chi connectivity index (χ0) is 18.6. The van der Waals surface area contributed by atoms with E-state index in [9.17, 15) is 0 Å². The number of hydrogen-bond acceptors (Lipinski definition) is 2. The van der Waals surface area contributed by atoms with Gasteiger partial charge in [-0.15, -0.1) is 0 Å². The van der Waals surface area contributed by atoms with Crippen LogP contribution in [-0.4, -0.2) is 19.2 Å². The molecule has 0 unspecified atom stereocenters. The predicted molar refractivity (Wildman–Crippen MR) is 108 cm³/mol. The van der Waals surface area contributed by atoms with Crippen molar-refractivity contribution in [2.75, 3.05) is 0 Å². The molecular weight excluding hydrogens is 320 g/mol. The SMILES string of the molecule is CCCn1ccc2c(C)nc3c(-c4c(C)cc(C)cc4C)c(C)nn3c21. The zero-order valence-electron chi connectivity index (χ0n) is 16.5. The van der Waals surface area contributed by atoms with Crippen LogP contribution < -0.4 is 0 Å². The third-order valence-electron chi connectivity index (χ3n) is 5.23. The summed E-state index contributed by atoms with van der Waals surface area (Å²) in [4.78, 5) is 4.97. The van der Waals surface area contributed by atoms with Crippen molar-refractivity contribution in [3.8, 4) is 11.1 Å². The van der Waals surface area contributed by atoms with Gasteiger partial charge >= 0.3 is 0 Å². The molecule has 3 aromatic heterocycles. The van der Waals surface area contributed by atoms with E-state index < -0.39 is 0 Å². The maximum absolute atomic E-state index is 4.97. The first-order chi connectivity index (χ1) is 12.4. The second kappa shape index (κ2) is 5.97. The van der Waals surface area contributed by atoms with Gasteiger partial charge in [-0.05, 0) is 63.8 Å². The van der Waals surface area contributed by atoms with Gasteiger partial charge in [0.15, 0.2) is 5.65 Å². The van der Waals surface area contributed by atoms with Gasteiger partial charge in [-0.3, -0.25) is 0 Å². The van der Waals surface area contributed by atoms with E-state index in [1.807, 2.05) is 4.52 Å². The lowest BCUT2D eigenvalue weighted by molar-refractivity contribution is 0.687. The van der Waals surface area contributed by atoms with Gasteiger partial charge in [0.1, 0.15) is 5.65 Å². The highest BCUT2D eigenvalue weighted by Crippen LogP contribution is 2.35. The number of aryl methyl sites for hydroxylation is 6. The Labute approximate surface area is 154 Å². The van der Waals surface area contributed by atoms with Crippen molar-refractivity contribution in [3.63, 3.8) is 0 Å². The quantitative estimate of drug-likeness (QED) is 0.504. The number of aromatic nitrogens is 4. The lowest BCUT2D eigenvalue weighted by atomic mass is 9.94. The Hall–Kier alpha value is -2.62. The highest BCUT2D eigenvalue weighted by molar-refractivity contribution is 5.89. The van der Waals surface area contributed by atoms with Crippen LogP contribution in [0.25, 0.3) is 27.8 Å². The molecule has 0 aliphatic heterocycles. The van der Waals surface area contributed by atoms with Gasteiger partial charge in [0.25, 0.3) is 0 Å². The topological polar surface area (TPSA) is 35.1 Å². The third-order valence-corrected chi connectivity index (χ3v) is 5.23. The van der Waals surface area contributed by atoms with Crippen LogP contribution >= 0.6 is 0 Å². The average Bonchev–Trinajstić information content (AvgIpc) is 3.10. The standard InChI is InChI=1S/C22H26N4/c1-7-9-25-10-8-18-16(5)23-21-20(17(6)24-26(21)22(18)25)19-14(3)11-13(2)12-15(19)4/h8,10-12H,7,9H2,1-6H3. The average molecular weight is 346 g/mol. The van der Waals surface area contributed by atoms with E-state index in [4.69, 9.17) is 10.1 Å². The van der Waals surface area contributed by atoms with Gasteiger partial charge in [-0.1, -0.05) is 24.6 Å². The molecule has 0 fully saturated rings. The molecule has 4 aromatic rings. The second-order valence-electron chi connectivity index (χ2n) is 7.41. The van der Waals surface area contributed by atoms with Crippen LogP contribution in [0.4, 0.5) is 0 Å². The minimum Gasteiger partial charge on any atom is -0.332 e. The summed E-state index contributed by atoms with van der Waals surface area (Å²) in [6, 6.07) is 6.65. The van der Waals surface area contributed by atoms with Crippen molar-refractivity contribution in [1.29, 1.82) is 0 Å². The van der Waals surface area contributed by atoms with Crippen LogP contribution in [0.2, 0.25) is 0 Å². The first-order valence-electron chi connectivity index (χ1n) is 9.35. The summed E-state index contributed by atoms with van der Waals surface area (Å²) in [7, 11) is 0. The van der Waals surface area contributed by atoms with E-state index in [-0.39, 0.29) is 0 Å². The molecule has 0 N–H and O–H groups in total. The molecule has 134 valence electrons. The summed E-state index contributed by atoms with van der Waals surface area (Å²) in [5.74, 6) is 0. The molecule has 0 aliphatic rings. The van der Waals surface area contributed by atoms with Gasteiger partial charge in [0, 0.05) is 18.1 Å². The molecule has 0 saturated heterocycles. The monoisotopic (exact) mass is 346 g/mol. The second-order valence-corrected chi connectivity index (χ2v) is 7.41. The van der Waals surface area contributed by atoms with E-state index in [1.165, 1.54) is 27.6 Å². The molecular formula is C22H26N4. The largest absolute Gasteiger partial charge is 0.332 e. The van der Waals surface area contributed by atoms with Gasteiger partial charge < -0.3 is 4.57 Å². The van der Waals surface area contributed by atoms with Crippen molar-refractivity contribution in [2.24, 2.45) is 0 Å². The van der Waals surface area contributed by atoms with Crippen molar-refractivity contribution in [3.05, 3.63) is 52.5 Å². The number of nitrogens with zero attached hydrogens (tertiary/aromatic N) is 4. The molecule has 3 heterocycles. The minimum absolute atomic E-state index is 0.957. The van der Waals surface area contributed by atoms with E-state index in [0.717, 1.165) is 41.2 Å². The zero-order valence-corrected chi connectivity index (χ0v) is 16.5. The van der Waals surface area contributed by atoms with E-state index in [0.29, 0.717) is 0 Å². The number of hydrogen-bond donors (Lipinski definition) is 0. The van der Waals surface area contributed by atoms with E-state index in [1.54, 1.807) is 0 Å². The summed E-state index contributed by atoms with van der Waals surface area (Å²) < 4.78 is 4.34. The van der Waals surface area contributed by atoms with Crippen molar-refractivity contribution in [1.82, 2.24) is 19.2 Å². The van der Waals surface area contributed by atoms with Gasteiger partial charge in [-0.25, -0.2) is 4.98 Å².